The Kier molecular flexibility index (Phi) is 2.60. The van der Waals surface area contributed by atoms with Gasteiger partial charge in [-0.15, -0.1) is 0 Å². The van der Waals surface area contributed by atoms with Gasteiger partial charge in [-0.3, -0.25) is 0 Å². The van der Waals surface area contributed by atoms with Crippen LogP contribution in [0.3, 0.4) is 0 Å². The Hall–Kier alpha value is -2.21. The van der Waals surface area contributed by atoms with Gasteiger partial charge in [0.2, 0.25) is 0 Å². The van der Waals surface area contributed by atoms with E-state index in [0.29, 0.717) is 5.82 Å². The van der Waals surface area contributed by atoms with Gasteiger partial charge in [0.25, 0.3) is 0 Å². The van der Waals surface area contributed by atoms with E-state index in [4.69, 9.17) is 0 Å². The van der Waals surface area contributed by atoms with E-state index in [9.17, 15) is 5.26 Å². The van der Waals surface area contributed by atoms with Crippen molar-refractivity contribution in [3.05, 3.63) is 47.4 Å². The Bertz CT molecular complexity index is 679. The van der Waals surface area contributed by atoms with Gasteiger partial charge < -0.3 is 0 Å². The molecular weight excluding hydrogens is 234 g/mol. The third-order valence-corrected chi connectivity index (χ3v) is 3.72. The van der Waals surface area contributed by atoms with Gasteiger partial charge >= 0.3 is 0 Å². The third kappa shape index (κ3) is 2.00. The number of benzene rings is 1. The van der Waals surface area contributed by atoms with Crippen molar-refractivity contribution in [3.8, 4) is 17.3 Å². The number of hydrogen-bond donors (Lipinski definition) is 0. The van der Waals surface area contributed by atoms with Crippen molar-refractivity contribution in [2.45, 2.75) is 32.1 Å². The van der Waals surface area contributed by atoms with Gasteiger partial charge in [0.1, 0.15) is 11.2 Å². The van der Waals surface area contributed by atoms with E-state index in [0.717, 1.165) is 24.1 Å². The summed E-state index contributed by atoms with van der Waals surface area (Å²) in [6.07, 6.45) is 3.51. The summed E-state index contributed by atoms with van der Waals surface area (Å²) >= 11 is 0. The van der Waals surface area contributed by atoms with Crippen LogP contribution in [-0.4, -0.2) is 9.97 Å². The maximum Gasteiger partial charge on any atom is 0.149 e. The SMILES string of the molecule is Cc1ccc(C)c(-c2ccnc(C3(C#N)CC3)n2)c1. The van der Waals surface area contributed by atoms with Gasteiger partial charge in [0, 0.05) is 11.8 Å². The molecule has 1 aliphatic rings. The number of nitriles is 1. The summed E-state index contributed by atoms with van der Waals surface area (Å²) in [5.74, 6) is 0.674. The predicted molar refractivity (Wildman–Crippen MR) is 73.5 cm³/mol. The number of aryl methyl sites for hydroxylation is 2. The van der Waals surface area contributed by atoms with Gasteiger partial charge in [-0.25, -0.2) is 9.97 Å². The van der Waals surface area contributed by atoms with Gasteiger partial charge in [-0.1, -0.05) is 17.7 Å². The second kappa shape index (κ2) is 4.17. The van der Waals surface area contributed by atoms with Gasteiger partial charge in [-0.2, -0.15) is 5.26 Å². The van der Waals surface area contributed by atoms with Crippen molar-refractivity contribution in [1.82, 2.24) is 9.97 Å². The predicted octanol–water partition coefficient (Wildman–Crippen LogP) is 3.32. The fourth-order valence-corrected chi connectivity index (χ4v) is 2.26. The number of aromatic nitrogens is 2. The van der Waals surface area contributed by atoms with Crippen LogP contribution in [0.15, 0.2) is 30.5 Å². The van der Waals surface area contributed by atoms with Crippen LogP contribution in [0.5, 0.6) is 0 Å². The molecule has 1 aromatic heterocycles. The maximum absolute atomic E-state index is 9.24. The molecule has 1 saturated carbocycles. The van der Waals surface area contributed by atoms with Crippen LogP contribution in [0.25, 0.3) is 11.3 Å². The van der Waals surface area contributed by atoms with Crippen molar-refractivity contribution >= 4 is 0 Å². The van der Waals surface area contributed by atoms with Crippen LogP contribution < -0.4 is 0 Å². The molecule has 1 aromatic carbocycles. The zero-order valence-electron chi connectivity index (χ0n) is 11.1. The first-order valence-electron chi connectivity index (χ1n) is 6.47. The molecule has 3 nitrogen and oxygen atoms in total. The standard InChI is InChI=1S/C16H15N3/c1-11-3-4-12(2)13(9-11)14-5-8-18-15(19-14)16(10-17)6-7-16/h3-5,8-9H,6-7H2,1-2H3. The molecule has 0 spiro atoms. The summed E-state index contributed by atoms with van der Waals surface area (Å²) in [6, 6.07) is 10.6. The number of hydrogen-bond acceptors (Lipinski definition) is 3. The topological polar surface area (TPSA) is 49.6 Å². The van der Waals surface area contributed by atoms with Crippen molar-refractivity contribution in [2.24, 2.45) is 0 Å². The Labute approximate surface area is 113 Å². The molecule has 1 heterocycles. The fourth-order valence-electron chi connectivity index (χ4n) is 2.26. The van der Waals surface area contributed by atoms with Crippen molar-refractivity contribution in [1.29, 1.82) is 5.26 Å². The lowest BCUT2D eigenvalue weighted by Crippen LogP contribution is -2.09. The molecule has 0 atom stereocenters. The van der Waals surface area contributed by atoms with Gasteiger partial charge in [0.05, 0.1) is 11.8 Å². The van der Waals surface area contributed by atoms with E-state index in [1.54, 1.807) is 6.20 Å². The number of nitrogens with zero attached hydrogens (tertiary/aromatic N) is 3. The Morgan fingerprint density at radius 1 is 1.21 bits per heavy atom. The Morgan fingerprint density at radius 3 is 2.68 bits per heavy atom. The van der Waals surface area contributed by atoms with Crippen LogP contribution in [0, 0.1) is 25.2 Å². The van der Waals surface area contributed by atoms with E-state index in [2.05, 4.69) is 48.1 Å². The van der Waals surface area contributed by atoms with E-state index >= 15 is 0 Å². The lowest BCUT2D eigenvalue weighted by Gasteiger charge is -2.09. The minimum absolute atomic E-state index is 0.423. The quantitative estimate of drug-likeness (QED) is 0.820. The van der Waals surface area contributed by atoms with Crippen LogP contribution in [0.4, 0.5) is 0 Å². The molecule has 3 rings (SSSR count). The van der Waals surface area contributed by atoms with Crippen molar-refractivity contribution < 1.29 is 0 Å². The summed E-state index contributed by atoms with van der Waals surface area (Å²) in [5.41, 5.74) is 4.01. The van der Waals surface area contributed by atoms with Crippen LogP contribution in [-0.2, 0) is 5.41 Å². The molecule has 1 aliphatic carbocycles. The van der Waals surface area contributed by atoms with E-state index in [1.165, 1.54) is 11.1 Å². The van der Waals surface area contributed by atoms with Gasteiger partial charge in [-0.05, 0) is 44.4 Å². The molecule has 1 fully saturated rings. The molecular formula is C16H15N3. The highest BCUT2D eigenvalue weighted by Crippen LogP contribution is 2.46. The maximum atomic E-state index is 9.24. The molecule has 3 heteroatoms. The van der Waals surface area contributed by atoms with E-state index in [1.807, 2.05) is 6.07 Å². The highest BCUT2D eigenvalue weighted by atomic mass is 14.9. The molecule has 2 aromatic rings. The molecule has 0 radical (unpaired) electrons. The highest BCUT2D eigenvalue weighted by Gasteiger charge is 2.47. The Morgan fingerprint density at radius 2 is 2.00 bits per heavy atom. The third-order valence-electron chi connectivity index (χ3n) is 3.72. The summed E-state index contributed by atoms with van der Waals surface area (Å²) in [5, 5.41) is 9.24. The first-order valence-corrected chi connectivity index (χ1v) is 6.47. The second-order valence-corrected chi connectivity index (χ2v) is 5.28. The fraction of sp³-hybridized carbons (Fsp3) is 0.312. The lowest BCUT2D eigenvalue weighted by molar-refractivity contribution is 0.798. The Balaban J connectivity index is 2.09. The summed E-state index contributed by atoms with van der Waals surface area (Å²) in [4.78, 5) is 8.90. The van der Waals surface area contributed by atoms with Crippen molar-refractivity contribution in [3.63, 3.8) is 0 Å². The van der Waals surface area contributed by atoms with Crippen LogP contribution >= 0.6 is 0 Å². The molecule has 0 saturated heterocycles. The van der Waals surface area contributed by atoms with Crippen LogP contribution in [0.1, 0.15) is 29.8 Å². The molecule has 0 N–H and O–H groups in total. The van der Waals surface area contributed by atoms with Gasteiger partial charge in [0.15, 0.2) is 0 Å². The van der Waals surface area contributed by atoms with E-state index < -0.39 is 5.41 Å². The monoisotopic (exact) mass is 249 g/mol. The minimum atomic E-state index is -0.423. The first-order chi connectivity index (χ1) is 9.14. The zero-order valence-corrected chi connectivity index (χ0v) is 11.1. The zero-order chi connectivity index (χ0) is 13.5. The van der Waals surface area contributed by atoms with Crippen LogP contribution in [0.2, 0.25) is 0 Å². The largest absolute Gasteiger partial charge is 0.240 e. The second-order valence-electron chi connectivity index (χ2n) is 5.28. The number of rotatable bonds is 2. The molecule has 94 valence electrons. The average molecular weight is 249 g/mol. The first kappa shape index (κ1) is 11.9. The van der Waals surface area contributed by atoms with Crippen molar-refractivity contribution in [2.75, 3.05) is 0 Å². The molecule has 0 unspecified atom stereocenters. The summed E-state index contributed by atoms with van der Waals surface area (Å²) in [7, 11) is 0. The summed E-state index contributed by atoms with van der Waals surface area (Å²) < 4.78 is 0. The lowest BCUT2D eigenvalue weighted by atomic mass is 10.0. The smallest absolute Gasteiger partial charge is 0.149 e. The van der Waals surface area contributed by atoms with E-state index in [-0.39, 0.29) is 0 Å². The normalized spacial score (nSPS) is 15.8. The minimum Gasteiger partial charge on any atom is -0.240 e. The molecule has 19 heavy (non-hydrogen) atoms. The highest BCUT2D eigenvalue weighted by molar-refractivity contribution is 5.64. The average Bonchev–Trinajstić information content (AvgIpc) is 3.23. The summed E-state index contributed by atoms with van der Waals surface area (Å²) in [6.45, 7) is 4.15. The molecule has 0 amide bonds. The molecule has 0 aliphatic heterocycles. The molecule has 0 bridgehead atoms.